The Labute approximate surface area is 161 Å². The first-order valence-corrected chi connectivity index (χ1v) is 8.83. The molecule has 0 heterocycles. The summed E-state index contributed by atoms with van der Waals surface area (Å²) in [4.78, 5) is 0. The maximum absolute atomic E-state index is 9.53. The zero-order valence-electron chi connectivity index (χ0n) is 12.8. The summed E-state index contributed by atoms with van der Waals surface area (Å²) in [6, 6.07) is 13.3. The number of hydrogen-bond donors (Lipinski definition) is 2. The van der Waals surface area contributed by atoms with Crippen LogP contribution in [0.4, 0.5) is 0 Å². The number of allylic oxidation sites excluding steroid dienone is 2. The Hall–Kier alpha value is -1.06. The lowest BCUT2D eigenvalue weighted by Crippen LogP contribution is -2.22. The van der Waals surface area contributed by atoms with Gasteiger partial charge < -0.3 is 10.2 Å². The molecule has 1 atom stereocenters. The van der Waals surface area contributed by atoms with Gasteiger partial charge in [0.05, 0.1) is 0 Å². The van der Waals surface area contributed by atoms with E-state index in [9.17, 15) is 10.2 Å². The van der Waals surface area contributed by atoms with Crippen molar-refractivity contribution in [2.45, 2.75) is 22.5 Å². The summed E-state index contributed by atoms with van der Waals surface area (Å²) in [6.07, 6.45) is 0.644. The zero-order chi connectivity index (χ0) is 17.9. The van der Waals surface area contributed by atoms with Crippen molar-refractivity contribution in [3.8, 4) is 11.5 Å². The fourth-order valence-electron chi connectivity index (χ4n) is 2.49. The maximum atomic E-state index is 9.53. The van der Waals surface area contributed by atoms with Crippen molar-refractivity contribution in [2.75, 3.05) is 0 Å². The van der Waals surface area contributed by atoms with Gasteiger partial charge in [-0.05, 0) is 53.0 Å². The molecule has 0 aliphatic heterocycles. The second-order valence-corrected chi connectivity index (χ2v) is 8.05. The van der Waals surface area contributed by atoms with E-state index in [1.165, 1.54) is 0 Å². The normalized spacial score (nSPS) is 14.2. The number of phenolic OH excluding ortho intramolecular Hbond substituents is 2. The molecule has 0 fully saturated rings. The van der Waals surface area contributed by atoms with E-state index in [-0.39, 0.29) is 11.5 Å². The summed E-state index contributed by atoms with van der Waals surface area (Å²) in [6.45, 7) is 1.98. The lowest BCUT2D eigenvalue weighted by atomic mass is 9.91. The minimum Gasteiger partial charge on any atom is -0.508 e. The summed E-state index contributed by atoms with van der Waals surface area (Å²) in [5, 5.41) is 18.1. The molecule has 2 aromatic rings. The molecule has 0 saturated heterocycles. The predicted octanol–water partition coefficient (Wildman–Crippen LogP) is 6.40. The minimum atomic E-state index is -1.70. The molecule has 2 aromatic carbocycles. The molecule has 0 aliphatic carbocycles. The smallest absolute Gasteiger partial charge is 0.210 e. The van der Waals surface area contributed by atoms with E-state index in [0.29, 0.717) is 12.0 Å². The number of alkyl halides is 4. The number of phenols is 2. The van der Waals surface area contributed by atoms with E-state index in [2.05, 4.69) is 0 Å². The van der Waals surface area contributed by atoms with Crippen LogP contribution < -0.4 is 0 Å². The van der Waals surface area contributed by atoms with Gasteiger partial charge in [0.2, 0.25) is 3.79 Å². The minimum absolute atomic E-state index is 0.140. The molecule has 2 nitrogen and oxygen atoms in total. The van der Waals surface area contributed by atoms with Gasteiger partial charge in [-0.2, -0.15) is 0 Å². The van der Waals surface area contributed by atoms with Crippen LogP contribution in [0.1, 0.15) is 24.5 Å². The first-order chi connectivity index (χ1) is 11.2. The van der Waals surface area contributed by atoms with Gasteiger partial charge in [-0.3, -0.25) is 0 Å². The van der Waals surface area contributed by atoms with Crippen LogP contribution in [0.5, 0.6) is 11.5 Å². The van der Waals surface area contributed by atoms with Crippen LogP contribution >= 0.6 is 46.4 Å². The zero-order valence-corrected chi connectivity index (χ0v) is 15.8. The van der Waals surface area contributed by atoms with Crippen molar-refractivity contribution < 1.29 is 10.2 Å². The van der Waals surface area contributed by atoms with Crippen molar-refractivity contribution in [1.82, 2.24) is 0 Å². The molecule has 24 heavy (non-hydrogen) atoms. The number of rotatable bonds is 4. The van der Waals surface area contributed by atoms with Crippen molar-refractivity contribution in [3.63, 3.8) is 0 Å². The lowest BCUT2D eigenvalue weighted by molar-refractivity contribution is 0.474. The molecule has 0 amide bonds. The van der Waals surface area contributed by atoms with Crippen LogP contribution in [-0.2, 0) is 0 Å². The molecule has 0 bridgehead atoms. The second kappa shape index (κ2) is 7.88. The molecule has 2 N–H and O–H groups in total. The van der Waals surface area contributed by atoms with Crippen molar-refractivity contribution in [1.29, 1.82) is 0 Å². The first kappa shape index (κ1) is 19.3. The van der Waals surface area contributed by atoms with Gasteiger partial charge in [0, 0.05) is 0 Å². The molecule has 0 saturated carbocycles. The molecule has 0 radical (unpaired) electrons. The standard InChI is InChI=1S/C18H16Cl4O2/c1-2-15(11-3-7-13(23)8-4-11)16(17(19)18(20,21)22)12-5-9-14(24)10-6-12/h3-10,17,23-24H,2H2,1H3/b16-15-. The van der Waals surface area contributed by atoms with Gasteiger partial charge in [-0.1, -0.05) is 66.0 Å². The van der Waals surface area contributed by atoms with E-state index in [1.807, 2.05) is 6.92 Å². The highest BCUT2D eigenvalue weighted by Crippen LogP contribution is 2.45. The van der Waals surface area contributed by atoms with Crippen LogP contribution in [-0.4, -0.2) is 19.4 Å². The van der Waals surface area contributed by atoms with Crippen LogP contribution in [0.2, 0.25) is 0 Å². The second-order valence-electron chi connectivity index (χ2n) is 5.24. The summed E-state index contributed by atoms with van der Waals surface area (Å²) in [7, 11) is 0. The Morgan fingerprint density at radius 2 is 1.29 bits per heavy atom. The average molecular weight is 406 g/mol. The Bertz CT molecular complexity index is 716. The average Bonchev–Trinajstić information content (AvgIpc) is 2.53. The third-order valence-corrected chi connectivity index (χ3v) is 5.15. The Morgan fingerprint density at radius 1 is 0.875 bits per heavy atom. The fraction of sp³-hybridized carbons (Fsp3) is 0.222. The monoisotopic (exact) mass is 404 g/mol. The molecule has 1 unspecified atom stereocenters. The summed E-state index contributed by atoms with van der Waals surface area (Å²) in [5.41, 5.74) is 3.19. The van der Waals surface area contributed by atoms with E-state index < -0.39 is 9.17 Å². The van der Waals surface area contributed by atoms with Gasteiger partial charge in [-0.25, -0.2) is 0 Å². The Kier molecular flexibility index (Phi) is 6.33. The Balaban J connectivity index is 2.69. The van der Waals surface area contributed by atoms with Gasteiger partial charge in [-0.15, -0.1) is 11.6 Å². The van der Waals surface area contributed by atoms with E-state index in [0.717, 1.165) is 16.7 Å². The van der Waals surface area contributed by atoms with Crippen molar-refractivity contribution >= 4 is 57.5 Å². The van der Waals surface area contributed by atoms with Crippen LogP contribution in [0.3, 0.4) is 0 Å². The van der Waals surface area contributed by atoms with E-state index >= 15 is 0 Å². The van der Waals surface area contributed by atoms with Crippen LogP contribution in [0.15, 0.2) is 48.5 Å². The summed E-state index contributed by atoms with van der Waals surface area (Å²) < 4.78 is -1.70. The SMILES string of the molecule is CC/C(=C(\c1ccc(O)cc1)C(Cl)C(Cl)(Cl)Cl)c1ccc(O)cc1. The quantitative estimate of drug-likeness (QED) is 0.456. The predicted molar refractivity (Wildman–Crippen MR) is 103 cm³/mol. The van der Waals surface area contributed by atoms with Gasteiger partial charge in [0.1, 0.15) is 16.9 Å². The molecule has 0 aromatic heterocycles. The number of aromatic hydroxyl groups is 2. The van der Waals surface area contributed by atoms with Crippen molar-refractivity contribution in [2.24, 2.45) is 0 Å². The molecular weight excluding hydrogens is 390 g/mol. The van der Waals surface area contributed by atoms with Gasteiger partial charge >= 0.3 is 0 Å². The largest absolute Gasteiger partial charge is 0.508 e. The van der Waals surface area contributed by atoms with E-state index in [1.54, 1.807) is 48.5 Å². The van der Waals surface area contributed by atoms with Crippen molar-refractivity contribution in [3.05, 3.63) is 59.7 Å². The molecule has 6 heteroatoms. The Morgan fingerprint density at radius 3 is 1.67 bits per heavy atom. The van der Waals surface area contributed by atoms with E-state index in [4.69, 9.17) is 46.4 Å². The first-order valence-electron chi connectivity index (χ1n) is 7.26. The highest BCUT2D eigenvalue weighted by atomic mass is 35.6. The third-order valence-electron chi connectivity index (χ3n) is 3.61. The number of benzene rings is 2. The van der Waals surface area contributed by atoms with Gasteiger partial charge in [0.15, 0.2) is 0 Å². The fourth-order valence-corrected chi connectivity index (χ4v) is 3.08. The number of hydrogen-bond acceptors (Lipinski definition) is 2. The molecule has 0 aliphatic rings. The maximum Gasteiger partial charge on any atom is 0.210 e. The number of halogens is 4. The summed E-state index contributed by atoms with van der Waals surface area (Å²) >= 11 is 24.6. The molecule has 2 rings (SSSR count). The topological polar surface area (TPSA) is 40.5 Å². The molecular formula is C18H16Cl4O2. The third kappa shape index (κ3) is 4.52. The van der Waals surface area contributed by atoms with Crippen LogP contribution in [0.25, 0.3) is 11.1 Å². The molecule has 0 spiro atoms. The highest BCUT2D eigenvalue weighted by molar-refractivity contribution is 6.71. The highest BCUT2D eigenvalue weighted by Gasteiger charge is 2.36. The molecule has 128 valence electrons. The summed E-state index contributed by atoms with van der Waals surface area (Å²) in [5.74, 6) is 0.310. The van der Waals surface area contributed by atoms with Gasteiger partial charge in [0.25, 0.3) is 0 Å². The van der Waals surface area contributed by atoms with Crippen LogP contribution in [0, 0.1) is 0 Å². The lowest BCUT2D eigenvalue weighted by Gasteiger charge is -2.25.